The molecule has 0 spiro atoms. The normalized spacial score (nSPS) is 10.2. The quantitative estimate of drug-likeness (QED) is 0.756. The van der Waals surface area contributed by atoms with Crippen molar-refractivity contribution < 1.29 is 4.42 Å². The Morgan fingerprint density at radius 3 is 2.69 bits per heavy atom. The van der Waals surface area contributed by atoms with Gasteiger partial charge in [0.15, 0.2) is 0 Å². The molecule has 0 unspecified atom stereocenters. The Bertz CT molecular complexity index is 386. The monoisotopic (exact) mass is 238 g/mol. The molecule has 66 valence electrons. The highest BCUT2D eigenvalue weighted by Crippen LogP contribution is 2.17. The summed E-state index contributed by atoms with van der Waals surface area (Å²) in [6.07, 6.45) is 5.07. The van der Waals surface area contributed by atoms with E-state index in [4.69, 9.17) is 4.42 Å². The molecule has 2 aromatic rings. The van der Waals surface area contributed by atoms with Crippen LogP contribution < -0.4 is 0 Å². The van der Waals surface area contributed by atoms with Gasteiger partial charge in [-0.05, 0) is 12.1 Å². The van der Waals surface area contributed by atoms with Crippen molar-refractivity contribution in [2.75, 3.05) is 0 Å². The zero-order chi connectivity index (χ0) is 9.10. The third-order valence-corrected chi connectivity index (χ3v) is 2.19. The van der Waals surface area contributed by atoms with Crippen molar-refractivity contribution in [1.82, 2.24) is 9.97 Å². The van der Waals surface area contributed by atoms with Crippen LogP contribution in [0.1, 0.15) is 5.69 Å². The first-order chi connectivity index (χ1) is 6.40. The fraction of sp³-hybridized carbons (Fsp3) is 0.111. The number of rotatable bonds is 2. The molecule has 0 amide bonds. The number of alkyl halides is 1. The lowest BCUT2D eigenvalue weighted by molar-refractivity contribution is 0.573. The number of aromatic nitrogens is 2. The first kappa shape index (κ1) is 8.44. The maximum Gasteiger partial charge on any atom is 0.226 e. The van der Waals surface area contributed by atoms with Gasteiger partial charge in [0.1, 0.15) is 6.26 Å². The van der Waals surface area contributed by atoms with Crippen molar-refractivity contribution in [2.24, 2.45) is 0 Å². The highest BCUT2D eigenvalue weighted by molar-refractivity contribution is 9.08. The first-order valence-electron chi connectivity index (χ1n) is 3.81. The van der Waals surface area contributed by atoms with E-state index in [-0.39, 0.29) is 0 Å². The van der Waals surface area contributed by atoms with E-state index < -0.39 is 0 Å². The fourth-order valence-electron chi connectivity index (χ4n) is 0.995. The molecule has 0 radical (unpaired) electrons. The molecular formula is C9H7BrN2O. The van der Waals surface area contributed by atoms with Gasteiger partial charge >= 0.3 is 0 Å². The summed E-state index contributed by atoms with van der Waals surface area (Å²) in [7, 11) is 0. The topological polar surface area (TPSA) is 38.9 Å². The summed E-state index contributed by atoms with van der Waals surface area (Å²) in [4.78, 5) is 8.18. The molecule has 0 aliphatic heterocycles. The van der Waals surface area contributed by atoms with E-state index in [0.29, 0.717) is 11.2 Å². The minimum Gasteiger partial charge on any atom is -0.444 e. The van der Waals surface area contributed by atoms with E-state index in [0.717, 1.165) is 11.3 Å². The summed E-state index contributed by atoms with van der Waals surface area (Å²) in [6.45, 7) is 0. The number of hydrogen-bond donors (Lipinski definition) is 0. The van der Waals surface area contributed by atoms with Crippen LogP contribution >= 0.6 is 15.9 Å². The van der Waals surface area contributed by atoms with Crippen molar-refractivity contribution >= 4 is 15.9 Å². The molecular weight excluding hydrogens is 232 g/mol. The standard InChI is InChI=1S/C9H7BrN2O/c10-5-8-6-13-9(12-8)7-1-3-11-4-2-7/h1-4,6H,5H2. The molecule has 0 aliphatic rings. The van der Waals surface area contributed by atoms with Gasteiger partial charge in [-0.15, -0.1) is 0 Å². The third kappa shape index (κ3) is 1.78. The van der Waals surface area contributed by atoms with Crippen LogP contribution in [0.15, 0.2) is 35.2 Å². The molecule has 0 bridgehead atoms. The fourth-order valence-corrected chi connectivity index (χ4v) is 1.25. The van der Waals surface area contributed by atoms with Crippen LogP contribution in [0.3, 0.4) is 0 Å². The van der Waals surface area contributed by atoms with Gasteiger partial charge in [0.2, 0.25) is 5.89 Å². The van der Waals surface area contributed by atoms with Gasteiger partial charge < -0.3 is 4.42 Å². The number of pyridine rings is 1. The van der Waals surface area contributed by atoms with Crippen LogP contribution in [0.25, 0.3) is 11.5 Å². The zero-order valence-electron chi connectivity index (χ0n) is 6.77. The largest absolute Gasteiger partial charge is 0.444 e. The predicted octanol–water partition coefficient (Wildman–Crippen LogP) is 2.63. The van der Waals surface area contributed by atoms with Gasteiger partial charge in [-0.3, -0.25) is 4.98 Å². The lowest BCUT2D eigenvalue weighted by Crippen LogP contribution is -1.79. The molecule has 0 aromatic carbocycles. The maximum absolute atomic E-state index is 5.27. The molecule has 2 aromatic heterocycles. The Balaban J connectivity index is 2.36. The summed E-state index contributed by atoms with van der Waals surface area (Å²) in [5, 5.41) is 0.710. The van der Waals surface area contributed by atoms with E-state index in [2.05, 4.69) is 25.9 Å². The van der Waals surface area contributed by atoms with E-state index in [1.807, 2.05) is 12.1 Å². The van der Waals surface area contributed by atoms with Crippen LogP contribution in [-0.4, -0.2) is 9.97 Å². The van der Waals surface area contributed by atoms with E-state index in [1.165, 1.54) is 0 Å². The summed E-state index contributed by atoms with van der Waals surface area (Å²) < 4.78 is 5.27. The summed E-state index contributed by atoms with van der Waals surface area (Å²) >= 11 is 3.31. The Kier molecular flexibility index (Phi) is 2.40. The smallest absolute Gasteiger partial charge is 0.226 e. The minimum absolute atomic E-state index is 0.636. The first-order valence-corrected chi connectivity index (χ1v) is 4.93. The van der Waals surface area contributed by atoms with Crippen LogP contribution in [0.2, 0.25) is 0 Å². The Hall–Kier alpha value is -1.16. The van der Waals surface area contributed by atoms with E-state index in [9.17, 15) is 0 Å². The van der Waals surface area contributed by atoms with Gasteiger partial charge in [0, 0.05) is 23.3 Å². The van der Waals surface area contributed by atoms with Crippen LogP contribution in [0, 0.1) is 0 Å². The second-order valence-corrected chi connectivity index (χ2v) is 3.07. The summed E-state index contributed by atoms with van der Waals surface area (Å²) in [6, 6.07) is 3.73. The average Bonchev–Trinajstić information content (AvgIpc) is 2.67. The molecule has 2 rings (SSSR count). The van der Waals surface area contributed by atoms with Gasteiger partial charge in [0.05, 0.1) is 5.69 Å². The second-order valence-electron chi connectivity index (χ2n) is 2.51. The molecule has 0 saturated carbocycles. The molecule has 13 heavy (non-hydrogen) atoms. The number of hydrogen-bond acceptors (Lipinski definition) is 3. The van der Waals surface area contributed by atoms with Crippen molar-refractivity contribution in [3.8, 4) is 11.5 Å². The van der Waals surface area contributed by atoms with Crippen LogP contribution in [0.5, 0.6) is 0 Å². The lowest BCUT2D eigenvalue weighted by atomic mass is 10.3. The van der Waals surface area contributed by atoms with Crippen LogP contribution in [-0.2, 0) is 5.33 Å². The highest BCUT2D eigenvalue weighted by Gasteiger charge is 2.04. The molecule has 4 heteroatoms. The number of oxazole rings is 1. The van der Waals surface area contributed by atoms with Crippen molar-refractivity contribution in [1.29, 1.82) is 0 Å². The molecule has 2 heterocycles. The van der Waals surface area contributed by atoms with Gasteiger partial charge in [-0.1, -0.05) is 15.9 Å². The van der Waals surface area contributed by atoms with Gasteiger partial charge in [0.25, 0.3) is 0 Å². The zero-order valence-corrected chi connectivity index (χ0v) is 8.36. The Labute approximate surface area is 84.0 Å². The molecule has 0 atom stereocenters. The van der Waals surface area contributed by atoms with Crippen LogP contribution in [0.4, 0.5) is 0 Å². The van der Waals surface area contributed by atoms with Crippen molar-refractivity contribution in [3.63, 3.8) is 0 Å². The molecule has 0 saturated heterocycles. The lowest BCUT2D eigenvalue weighted by Gasteiger charge is -1.91. The number of nitrogens with zero attached hydrogens (tertiary/aromatic N) is 2. The van der Waals surface area contributed by atoms with Crippen molar-refractivity contribution in [2.45, 2.75) is 5.33 Å². The highest BCUT2D eigenvalue weighted by atomic mass is 79.9. The van der Waals surface area contributed by atoms with E-state index >= 15 is 0 Å². The average molecular weight is 239 g/mol. The molecule has 0 fully saturated rings. The molecule has 0 aliphatic carbocycles. The summed E-state index contributed by atoms with van der Waals surface area (Å²) in [5.41, 5.74) is 1.84. The Morgan fingerprint density at radius 1 is 1.31 bits per heavy atom. The minimum atomic E-state index is 0.636. The maximum atomic E-state index is 5.27. The Morgan fingerprint density at radius 2 is 2.08 bits per heavy atom. The number of halogens is 1. The summed E-state index contributed by atoms with van der Waals surface area (Å²) in [5.74, 6) is 0.636. The third-order valence-electron chi connectivity index (χ3n) is 1.62. The second kappa shape index (κ2) is 3.70. The van der Waals surface area contributed by atoms with Gasteiger partial charge in [-0.2, -0.15) is 0 Å². The van der Waals surface area contributed by atoms with Gasteiger partial charge in [-0.25, -0.2) is 4.98 Å². The molecule has 3 nitrogen and oxygen atoms in total. The SMILES string of the molecule is BrCc1coc(-c2ccncc2)n1. The van der Waals surface area contributed by atoms with Crippen molar-refractivity contribution in [3.05, 3.63) is 36.5 Å². The molecule has 0 N–H and O–H groups in total. The van der Waals surface area contributed by atoms with E-state index in [1.54, 1.807) is 18.7 Å². The predicted molar refractivity (Wildman–Crippen MR) is 52.4 cm³/mol.